The number of carbonyl (C=O) groups excluding carboxylic acids is 1. The molecule has 0 aromatic heterocycles. The van der Waals surface area contributed by atoms with E-state index >= 15 is 0 Å². The number of nitriles is 1. The number of hydrogen-bond donors (Lipinski definition) is 1. The van der Waals surface area contributed by atoms with Gasteiger partial charge in [0.05, 0.1) is 11.1 Å². The van der Waals surface area contributed by atoms with Gasteiger partial charge in [0.15, 0.2) is 11.9 Å². The normalized spacial score (nSPS) is 20.0. The van der Waals surface area contributed by atoms with Crippen LogP contribution in [0.3, 0.4) is 0 Å². The zero-order chi connectivity index (χ0) is 16.1. The van der Waals surface area contributed by atoms with E-state index in [4.69, 9.17) is 16.3 Å². The summed E-state index contributed by atoms with van der Waals surface area (Å²) >= 11 is 5.97. The summed E-state index contributed by atoms with van der Waals surface area (Å²) in [5.74, 6) is -0.659. The van der Waals surface area contributed by atoms with Crippen LogP contribution in [-0.2, 0) is 4.79 Å². The van der Waals surface area contributed by atoms with Gasteiger partial charge in [0.25, 0.3) is 0 Å². The van der Waals surface area contributed by atoms with Crippen LogP contribution in [0.5, 0.6) is 11.5 Å². The molecule has 0 radical (unpaired) electrons. The molecule has 0 aliphatic heterocycles. The fourth-order valence-electron chi connectivity index (χ4n) is 2.57. The quantitative estimate of drug-likeness (QED) is 0.836. The van der Waals surface area contributed by atoms with Crippen molar-refractivity contribution in [3.63, 3.8) is 0 Å². The van der Waals surface area contributed by atoms with Gasteiger partial charge >= 0.3 is 0 Å². The van der Waals surface area contributed by atoms with Crippen LogP contribution >= 0.6 is 11.6 Å². The second-order valence-electron chi connectivity index (χ2n) is 5.41. The van der Waals surface area contributed by atoms with Gasteiger partial charge in [-0.05, 0) is 44.2 Å². The number of hydrogen-bond acceptors (Lipinski definition) is 4. The highest BCUT2D eigenvalue weighted by Gasteiger charge is 2.31. The first kappa shape index (κ1) is 16.4. The molecule has 116 valence electrons. The summed E-state index contributed by atoms with van der Waals surface area (Å²) in [4.78, 5) is 12.5. The Bertz CT molecular complexity index is 621. The van der Waals surface area contributed by atoms with Gasteiger partial charge in [-0.2, -0.15) is 5.26 Å². The van der Waals surface area contributed by atoms with Crippen molar-refractivity contribution >= 4 is 17.4 Å². The van der Waals surface area contributed by atoms with Gasteiger partial charge in [0.2, 0.25) is 0 Å². The molecule has 1 N–H and O–H groups in total. The molecule has 0 saturated carbocycles. The molecule has 0 heterocycles. The zero-order valence-corrected chi connectivity index (χ0v) is 13.1. The molecule has 0 spiro atoms. The highest BCUT2D eigenvalue weighted by molar-refractivity contribution is 6.32. The Morgan fingerprint density at radius 1 is 1.55 bits per heavy atom. The van der Waals surface area contributed by atoms with Gasteiger partial charge in [-0.25, -0.2) is 0 Å². The van der Waals surface area contributed by atoms with Gasteiger partial charge in [0.1, 0.15) is 17.4 Å². The lowest BCUT2D eigenvalue weighted by Gasteiger charge is -2.23. The Morgan fingerprint density at radius 3 is 2.91 bits per heavy atom. The van der Waals surface area contributed by atoms with Crippen LogP contribution in [0.4, 0.5) is 0 Å². The standard InChI is InChI=1S/C17H18ClNO3/c1-11(22-16-8-7-13(20)9-15(16)18)17(21)14(10-19)12-5-3-2-4-6-12/h3,5,7-9,11-12,14,20H,2,4,6H2,1H3. The SMILES string of the molecule is CC(Oc1ccc(O)cc1Cl)C(=O)C(C#N)C1C=CCCC1. The second kappa shape index (κ2) is 7.33. The Hall–Kier alpha value is -1.99. The average molecular weight is 320 g/mol. The Balaban J connectivity index is 2.08. The number of rotatable bonds is 5. The fraction of sp³-hybridized carbons (Fsp3) is 0.412. The molecule has 4 nitrogen and oxygen atoms in total. The van der Waals surface area contributed by atoms with Crippen molar-refractivity contribution in [3.8, 4) is 17.6 Å². The Labute approximate surface area is 135 Å². The molecule has 1 aliphatic carbocycles. The third-order valence-corrected chi connectivity index (χ3v) is 4.08. The molecule has 3 atom stereocenters. The lowest BCUT2D eigenvalue weighted by Crippen LogP contribution is -2.34. The Kier molecular flexibility index (Phi) is 5.46. The molecule has 0 fully saturated rings. The molecular weight excluding hydrogens is 302 g/mol. The molecule has 5 heteroatoms. The van der Waals surface area contributed by atoms with E-state index in [2.05, 4.69) is 6.07 Å². The van der Waals surface area contributed by atoms with Gasteiger partial charge in [-0.3, -0.25) is 4.79 Å². The average Bonchev–Trinajstić information content (AvgIpc) is 2.51. The van der Waals surface area contributed by atoms with Crippen molar-refractivity contribution in [2.75, 3.05) is 0 Å². The highest BCUT2D eigenvalue weighted by atomic mass is 35.5. The first-order valence-corrected chi connectivity index (χ1v) is 7.66. The molecule has 1 aliphatic rings. The number of carbonyl (C=O) groups is 1. The van der Waals surface area contributed by atoms with Gasteiger partial charge in [0, 0.05) is 6.07 Å². The van der Waals surface area contributed by atoms with E-state index in [9.17, 15) is 15.2 Å². The molecule has 0 bridgehead atoms. The van der Waals surface area contributed by atoms with Gasteiger partial charge < -0.3 is 9.84 Å². The summed E-state index contributed by atoms with van der Waals surface area (Å²) in [5, 5.41) is 18.9. The maximum absolute atomic E-state index is 12.5. The highest BCUT2D eigenvalue weighted by Crippen LogP contribution is 2.31. The summed E-state index contributed by atoms with van der Waals surface area (Å²) in [6, 6.07) is 6.39. The lowest BCUT2D eigenvalue weighted by atomic mass is 9.81. The molecule has 3 unspecified atom stereocenters. The summed E-state index contributed by atoms with van der Waals surface area (Å²) in [6.07, 6.45) is 6.03. The van der Waals surface area contributed by atoms with E-state index in [0.717, 1.165) is 19.3 Å². The first-order chi connectivity index (χ1) is 10.5. The predicted octanol–water partition coefficient (Wildman–Crippen LogP) is 3.88. The smallest absolute Gasteiger partial charge is 0.190 e. The molecule has 2 rings (SSSR count). The van der Waals surface area contributed by atoms with Crippen molar-refractivity contribution < 1.29 is 14.6 Å². The number of ether oxygens (including phenoxy) is 1. The molecule has 0 saturated heterocycles. The van der Waals surface area contributed by atoms with E-state index in [-0.39, 0.29) is 22.5 Å². The van der Waals surface area contributed by atoms with Crippen LogP contribution in [0.1, 0.15) is 26.2 Å². The Morgan fingerprint density at radius 2 is 2.32 bits per heavy atom. The lowest BCUT2D eigenvalue weighted by molar-refractivity contribution is -0.128. The molecule has 0 amide bonds. The maximum Gasteiger partial charge on any atom is 0.190 e. The second-order valence-corrected chi connectivity index (χ2v) is 5.81. The topological polar surface area (TPSA) is 70.3 Å². The number of benzene rings is 1. The van der Waals surface area contributed by atoms with Crippen molar-refractivity contribution in [3.05, 3.63) is 35.4 Å². The van der Waals surface area contributed by atoms with Crippen LogP contribution in [-0.4, -0.2) is 17.0 Å². The van der Waals surface area contributed by atoms with Crippen molar-refractivity contribution in [1.82, 2.24) is 0 Å². The van der Waals surface area contributed by atoms with Gasteiger partial charge in [-0.1, -0.05) is 23.8 Å². The van der Waals surface area contributed by atoms with E-state index in [1.54, 1.807) is 6.92 Å². The van der Waals surface area contributed by atoms with E-state index in [1.807, 2.05) is 12.2 Å². The number of ketones is 1. The molecule has 1 aromatic rings. The minimum Gasteiger partial charge on any atom is -0.508 e. The summed E-state index contributed by atoms with van der Waals surface area (Å²) < 4.78 is 5.57. The predicted molar refractivity (Wildman–Crippen MR) is 83.8 cm³/mol. The largest absolute Gasteiger partial charge is 0.508 e. The summed E-state index contributed by atoms with van der Waals surface area (Å²) in [5.41, 5.74) is 0. The van der Waals surface area contributed by atoms with E-state index in [1.165, 1.54) is 18.2 Å². The minimum atomic E-state index is -0.776. The van der Waals surface area contributed by atoms with Crippen LogP contribution < -0.4 is 4.74 Å². The van der Waals surface area contributed by atoms with Crippen molar-refractivity contribution in [1.29, 1.82) is 5.26 Å². The number of phenolic OH excluding ortho intramolecular Hbond substituents is 1. The van der Waals surface area contributed by atoms with Crippen LogP contribution in [0.25, 0.3) is 0 Å². The fourth-order valence-corrected chi connectivity index (χ4v) is 2.79. The third-order valence-electron chi connectivity index (χ3n) is 3.79. The number of halogens is 1. The number of Topliss-reactive ketones (excluding diaryl/α,β-unsaturated/α-hetero) is 1. The van der Waals surface area contributed by atoms with Crippen molar-refractivity contribution in [2.24, 2.45) is 11.8 Å². The van der Waals surface area contributed by atoms with Crippen LogP contribution in [0, 0.1) is 23.2 Å². The number of allylic oxidation sites excluding steroid dienone is 2. The minimum absolute atomic E-state index is 0.0265. The summed E-state index contributed by atoms with van der Waals surface area (Å²) in [6.45, 7) is 1.61. The summed E-state index contributed by atoms with van der Waals surface area (Å²) in [7, 11) is 0. The zero-order valence-electron chi connectivity index (χ0n) is 12.3. The van der Waals surface area contributed by atoms with E-state index in [0.29, 0.717) is 5.75 Å². The van der Waals surface area contributed by atoms with E-state index < -0.39 is 12.0 Å². The molecule has 1 aromatic carbocycles. The monoisotopic (exact) mass is 319 g/mol. The van der Waals surface area contributed by atoms with Crippen LogP contribution in [0.2, 0.25) is 5.02 Å². The third kappa shape index (κ3) is 3.80. The van der Waals surface area contributed by atoms with Crippen LogP contribution in [0.15, 0.2) is 30.4 Å². The molecular formula is C17H18ClNO3. The number of aromatic hydroxyl groups is 1. The first-order valence-electron chi connectivity index (χ1n) is 7.28. The van der Waals surface area contributed by atoms with Gasteiger partial charge in [-0.15, -0.1) is 0 Å². The number of phenols is 1. The molecule has 22 heavy (non-hydrogen) atoms. The van der Waals surface area contributed by atoms with Crippen molar-refractivity contribution in [2.45, 2.75) is 32.3 Å². The number of nitrogens with zero attached hydrogens (tertiary/aromatic N) is 1. The maximum atomic E-state index is 12.5.